The molecule has 3 N–H and O–H groups in total. The van der Waals surface area contributed by atoms with Crippen LogP contribution in [0, 0.1) is 0 Å². The zero-order valence-corrected chi connectivity index (χ0v) is 20.1. The van der Waals surface area contributed by atoms with Gasteiger partial charge in [0.1, 0.15) is 6.23 Å². The van der Waals surface area contributed by atoms with E-state index in [9.17, 15) is 9.90 Å². The minimum absolute atomic E-state index is 0.00830. The molecule has 10 nitrogen and oxygen atoms in total. The number of methoxy groups -OCH3 is 1. The van der Waals surface area contributed by atoms with Crippen LogP contribution in [-0.2, 0) is 33.2 Å². The molecule has 0 radical (unpaired) electrons. The van der Waals surface area contributed by atoms with Crippen molar-refractivity contribution in [3.8, 4) is 0 Å². The first kappa shape index (κ1) is 31.1. The zero-order chi connectivity index (χ0) is 23.5. The molecular weight excluding hydrogens is 420 g/mol. The standard InChI is InChI=1S/C22H46N2O8/c1-23-21(25)7-3-4-10-29-17-19-32-20-18-31-14-9-24-22(26)8-5-11-28-12-6-13-30-16-15-27-2/h21,23,25H,3-20H2,1-2H3,(H,24,26). The molecule has 0 spiro atoms. The fourth-order valence-corrected chi connectivity index (χ4v) is 2.52. The number of carbonyl (C=O) groups is 1. The maximum absolute atomic E-state index is 11.7. The van der Waals surface area contributed by atoms with Crippen LogP contribution < -0.4 is 10.6 Å². The summed E-state index contributed by atoms with van der Waals surface area (Å²) in [6.07, 6.45) is 4.13. The number of nitrogens with one attached hydrogen (secondary N) is 2. The Morgan fingerprint density at radius 1 is 0.719 bits per heavy atom. The van der Waals surface area contributed by atoms with Crippen LogP contribution in [0.5, 0.6) is 0 Å². The van der Waals surface area contributed by atoms with Gasteiger partial charge in [-0.05, 0) is 39.2 Å². The Morgan fingerprint density at radius 2 is 1.25 bits per heavy atom. The predicted octanol–water partition coefficient (Wildman–Crippen LogP) is 0.710. The Balaban J connectivity index is 3.16. The molecule has 1 atom stereocenters. The number of aliphatic hydroxyl groups is 1. The van der Waals surface area contributed by atoms with Gasteiger partial charge in [0, 0.05) is 46.5 Å². The summed E-state index contributed by atoms with van der Waals surface area (Å²) in [6, 6.07) is 0. The van der Waals surface area contributed by atoms with Gasteiger partial charge in [-0.1, -0.05) is 0 Å². The Labute approximate surface area is 193 Å². The number of ether oxygens (including phenoxy) is 6. The molecule has 0 bridgehead atoms. The third-order valence-corrected chi connectivity index (χ3v) is 4.36. The number of hydrogen-bond acceptors (Lipinski definition) is 9. The van der Waals surface area contributed by atoms with Crippen LogP contribution in [0.15, 0.2) is 0 Å². The molecule has 0 aliphatic carbocycles. The van der Waals surface area contributed by atoms with Crippen molar-refractivity contribution < 1.29 is 38.3 Å². The van der Waals surface area contributed by atoms with Gasteiger partial charge in [-0.3, -0.25) is 10.1 Å². The monoisotopic (exact) mass is 466 g/mol. The van der Waals surface area contributed by atoms with E-state index in [2.05, 4.69) is 10.6 Å². The molecule has 0 fully saturated rings. The lowest BCUT2D eigenvalue weighted by molar-refractivity contribution is -0.121. The zero-order valence-electron chi connectivity index (χ0n) is 20.1. The van der Waals surface area contributed by atoms with E-state index in [4.69, 9.17) is 28.4 Å². The number of hydrogen-bond donors (Lipinski definition) is 3. The number of rotatable bonds is 26. The van der Waals surface area contributed by atoms with Crippen LogP contribution in [0.25, 0.3) is 0 Å². The predicted molar refractivity (Wildman–Crippen MR) is 122 cm³/mol. The number of unbranched alkanes of at least 4 members (excludes halogenated alkanes) is 1. The highest BCUT2D eigenvalue weighted by Crippen LogP contribution is 1.98. The third kappa shape index (κ3) is 25.4. The second-order valence-electron chi connectivity index (χ2n) is 7.16. The maximum atomic E-state index is 11.7. The molecule has 0 aliphatic rings. The van der Waals surface area contributed by atoms with Crippen molar-refractivity contribution in [1.29, 1.82) is 0 Å². The van der Waals surface area contributed by atoms with Crippen molar-refractivity contribution in [3.05, 3.63) is 0 Å². The lowest BCUT2D eigenvalue weighted by Crippen LogP contribution is -2.27. The van der Waals surface area contributed by atoms with Gasteiger partial charge in [-0.2, -0.15) is 0 Å². The Kier molecular flexibility index (Phi) is 25.7. The summed E-state index contributed by atoms with van der Waals surface area (Å²) in [7, 11) is 3.39. The second kappa shape index (κ2) is 26.4. The van der Waals surface area contributed by atoms with Gasteiger partial charge in [0.15, 0.2) is 0 Å². The van der Waals surface area contributed by atoms with E-state index in [0.717, 1.165) is 25.7 Å². The summed E-state index contributed by atoms with van der Waals surface area (Å²) in [5.41, 5.74) is 0. The molecule has 0 aromatic rings. The largest absolute Gasteiger partial charge is 0.382 e. The first-order valence-corrected chi connectivity index (χ1v) is 11.7. The molecule has 1 unspecified atom stereocenters. The second-order valence-corrected chi connectivity index (χ2v) is 7.16. The summed E-state index contributed by atoms with van der Waals surface area (Å²) in [6.45, 7) is 6.78. The number of amides is 1. The average Bonchev–Trinajstić information content (AvgIpc) is 2.80. The highest BCUT2D eigenvalue weighted by atomic mass is 16.5. The van der Waals surface area contributed by atoms with Gasteiger partial charge in [0.25, 0.3) is 0 Å². The van der Waals surface area contributed by atoms with Crippen LogP contribution in [0.3, 0.4) is 0 Å². The molecule has 1 amide bonds. The molecule has 0 heterocycles. The van der Waals surface area contributed by atoms with Crippen LogP contribution in [-0.4, -0.2) is 111 Å². The van der Waals surface area contributed by atoms with Crippen molar-refractivity contribution in [2.45, 2.75) is 44.8 Å². The summed E-state index contributed by atoms with van der Waals surface area (Å²) >= 11 is 0. The van der Waals surface area contributed by atoms with E-state index in [-0.39, 0.29) is 5.91 Å². The van der Waals surface area contributed by atoms with E-state index in [1.54, 1.807) is 14.2 Å². The van der Waals surface area contributed by atoms with E-state index < -0.39 is 6.23 Å². The van der Waals surface area contributed by atoms with Crippen LogP contribution in [0.4, 0.5) is 0 Å². The lowest BCUT2D eigenvalue weighted by Gasteiger charge is -2.09. The highest BCUT2D eigenvalue weighted by molar-refractivity contribution is 5.75. The first-order valence-electron chi connectivity index (χ1n) is 11.7. The summed E-state index contributed by atoms with van der Waals surface area (Å²) in [4.78, 5) is 11.7. The van der Waals surface area contributed by atoms with Gasteiger partial charge in [0.2, 0.25) is 5.91 Å². The van der Waals surface area contributed by atoms with Gasteiger partial charge in [0.05, 0.1) is 46.2 Å². The quantitative estimate of drug-likeness (QED) is 0.125. The van der Waals surface area contributed by atoms with Crippen LogP contribution >= 0.6 is 0 Å². The van der Waals surface area contributed by atoms with E-state index in [0.29, 0.717) is 92.1 Å². The smallest absolute Gasteiger partial charge is 0.220 e. The highest BCUT2D eigenvalue weighted by Gasteiger charge is 2.01. The Hall–Kier alpha value is -0.850. The number of aliphatic hydroxyl groups excluding tert-OH is 1. The molecule has 0 aromatic heterocycles. The van der Waals surface area contributed by atoms with Crippen molar-refractivity contribution in [2.75, 3.05) is 93.4 Å². The molecule has 0 rings (SSSR count). The average molecular weight is 467 g/mol. The number of carbonyl (C=O) groups excluding carboxylic acids is 1. The van der Waals surface area contributed by atoms with Crippen LogP contribution in [0.2, 0.25) is 0 Å². The molecular formula is C22H46N2O8. The Bertz CT molecular complexity index is 391. The summed E-state index contributed by atoms with van der Waals surface area (Å²) in [5, 5.41) is 15.0. The van der Waals surface area contributed by atoms with Crippen molar-refractivity contribution in [3.63, 3.8) is 0 Å². The van der Waals surface area contributed by atoms with Gasteiger partial charge >= 0.3 is 0 Å². The molecule has 0 aliphatic heterocycles. The molecule has 0 saturated heterocycles. The maximum Gasteiger partial charge on any atom is 0.220 e. The fourth-order valence-electron chi connectivity index (χ4n) is 2.52. The van der Waals surface area contributed by atoms with Crippen molar-refractivity contribution in [2.24, 2.45) is 0 Å². The van der Waals surface area contributed by atoms with Gasteiger partial charge < -0.3 is 38.8 Å². The van der Waals surface area contributed by atoms with E-state index >= 15 is 0 Å². The van der Waals surface area contributed by atoms with Gasteiger partial charge in [-0.15, -0.1) is 0 Å². The molecule has 0 aromatic carbocycles. The normalized spacial score (nSPS) is 12.2. The lowest BCUT2D eigenvalue weighted by atomic mass is 10.2. The topological polar surface area (TPSA) is 117 Å². The minimum Gasteiger partial charge on any atom is -0.382 e. The SMILES string of the molecule is CNC(O)CCCCOCCOCCOCCNC(=O)CCCOCCCOCCOC. The summed E-state index contributed by atoms with van der Waals surface area (Å²) in [5.74, 6) is 0.00830. The molecule has 0 saturated carbocycles. The first-order chi connectivity index (χ1) is 15.7. The van der Waals surface area contributed by atoms with Crippen molar-refractivity contribution >= 4 is 5.91 Å². The van der Waals surface area contributed by atoms with Crippen molar-refractivity contribution in [1.82, 2.24) is 10.6 Å². The molecule has 32 heavy (non-hydrogen) atoms. The molecule has 192 valence electrons. The Morgan fingerprint density at radius 3 is 1.91 bits per heavy atom. The van der Waals surface area contributed by atoms with Crippen LogP contribution in [0.1, 0.15) is 38.5 Å². The fraction of sp³-hybridized carbons (Fsp3) is 0.955. The van der Waals surface area contributed by atoms with Gasteiger partial charge in [-0.25, -0.2) is 0 Å². The van der Waals surface area contributed by atoms with E-state index in [1.165, 1.54) is 0 Å². The van der Waals surface area contributed by atoms with E-state index in [1.807, 2.05) is 0 Å². The minimum atomic E-state index is -0.431. The summed E-state index contributed by atoms with van der Waals surface area (Å²) < 4.78 is 32.0. The third-order valence-electron chi connectivity index (χ3n) is 4.36. The molecule has 10 heteroatoms.